The first-order valence-electron chi connectivity index (χ1n) is 6.54. The van der Waals surface area contributed by atoms with E-state index in [0.717, 1.165) is 11.1 Å². The maximum Gasteiger partial charge on any atom is 0.496 e. The van der Waals surface area contributed by atoms with Crippen LogP contribution >= 0.6 is 0 Å². The minimum atomic E-state index is -1.05. The van der Waals surface area contributed by atoms with Gasteiger partial charge in [-0.2, -0.15) is 0 Å². The minimum Gasteiger partial charge on any atom is -0.491 e. The number of ether oxygens (including phenoxy) is 1. The van der Waals surface area contributed by atoms with Gasteiger partial charge in [0.1, 0.15) is 12.4 Å². The van der Waals surface area contributed by atoms with Crippen molar-refractivity contribution in [3.63, 3.8) is 0 Å². The summed E-state index contributed by atoms with van der Waals surface area (Å²) in [5.74, 6) is 0.521. The van der Waals surface area contributed by atoms with E-state index in [1.54, 1.807) is 26.0 Å². The van der Waals surface area contributed by atoms with Gasteiger partial charge in [-0.15, -0.1) is 0 Å². The van der Waals surface area contributed by atoms with E-state index in [1.165, 1.54) is 6.20 Å². The minimum absolute atomic E-state index is 0.132. The van der Waals surface area contributed by atoms with Crippen LogP contribution in [0, 0.1) is 6.92 Å². The van der Waals surface area contributed by atoms with Gasteiger partial charge in [0, 0.05) is 5.46 Å². The van der Waals surface area contributed by atoms with E-state index in [2.05, 4.69) is 0 Å². The van der Waals surface area contributed by atoms with E-state index < -0.39 is 12.7 Å². The highest BCUT2D eigenvalue weighted by atomic mass is 16.5. The van der Waals surface area contributed by atoms with Crippen LogP contribution in [0.4, 0.5) is 0 Å². The largest absolute Gasteiger partial charge is 0.496 e. The molecule has 1 aliphatic rings. The van der Waals surface area contributed by atoms with Crippen molar-refractivity contribution >= 4 is 12.6 Å². The summed E-state index contributed by atoms with van der Waals surface area (Å²) in [5, 5.41) is 19.8. The molecule has 0 aromatic heterocycles. The zero-order valence-electron chi connectivity index (χ0n) is 12.0. The molecule has 1 atom stereocenters. The van der Waals surface area contributed by atoms with Crippen molar-refractivity contribution < 1.29 is 19.5 Å². The highest BCUT2D eigenvalue weighted by Crippen LogP contribution is 2.31. The molecular weight excluding hydrogens is 257 g/mol. The Morgan fingerprint density at radius 2 is 2.20 bits per heavy atom. The second kappa shape index (κ2) is 5.48. The fourth-order valence-electron chi connectivity index (χ4n) is 2.26. The van der Waals surface area contributed by atoms with Crippen LogP contribution < -0.4 is 15.9 Å². The van der Waals surface area contributed by atoms with E-state index >= 15 is 0 Å². The molecule has 1 aliphatic heterocycles. The third-order valence-electron chi connectivity index (χ3n) is 3.14. The summed E-state index contributed by atoms with van der Waals surface area (Å²) in [7, 11) is -1.05. The molecule has 1 aromatic rings. The molecule has 6 heteroatoms. The molecule has 0 saturated carbocycles. The van der Waals surface area contributed by atoms with Gasteiger partial charge in [0.05, 0.1) is 11.7 Å². The SMILES string of the molecule is Cc1ccc(OCC(C)(C)O)c2c1[C@@H](/C=C/N)OB2O. The Balaban J connectivity index is 2.38. The van der Waals surface area contributed by atoms with Crippen molar-refractivity contribution in [1.82, 2.24) is 0 Å². The van der Waals surface area contributed by atoms with Crippen LogP contribution in [0.5, 0.6) is 5.75 Å². The van der Waals surface area contributed by atoms with Crippen LogP contribution in [0.15, 0.2) is 24.4 Å². The van der Waals surface area contributed by atoms with Gasteiger partial charge in [0.15, 0.2) is 0 Å². The van der Waals surface area contributed by atoms with Crippen LogP contribution in [0.2, 0.25) is 0 Å². The number of hydrogen-bond donors (Lipinski definition) is 3. The van der Waals surface area contributed by atoms with Gasteiger partial charge in [-0.1, -0.05) is 6.07 Å². The van der Waals surface area contributed by atoms with Crippen LogP contribution in [0.3, 0.4) is 0 Å². The molecule has 5 nitrogen and oxygen atoms in total. The van der Waals surface area contributed by atoms with Gasteiger partial charge >= 0.3 is 7.12 Å². The van der Waals surface area contributed by atoms with E-state index in [9.17, 15) is 10.1 Å². The summed E-state index contributed by atoms with van der Waals surface area (Å²) in [6.45, 7) is 5.40. The highest BCUT2D eigenvalue weighted by Gasteiger charge is 2.38. The standard InChI is InChI=1S/C14H20BNO4/c1-9-4-5-11(19-8-14(2,3)17)13-12(9)10(6-7-16)20-15(13)18/h4-7,10,17-18H,8,16H2,1-3H3/b7-6+/t10-/m1/s1. The second-order valence-electron chi connectivity index (χ2n) is 5.60. The van der Waals surface area contributed by atoms with Crippen molar-refractivity contribution in [3.05, 3.63) is 35.5 Å². The summed E-state index contributed by atoms with van der Waals surface area (Å²) in [6, 6.07) is 3.68. The molecule has 0 bridgehead atoms. The molecule has 0 spiro atoms. The van der Waals surface area contributed by atoms with E-state index in [-0.39, 0.29) is 12.7 Å². The molecule has 0 saturated heterocycles. The van der Waals surface area contributed by atoms with Gasteiger partial charge in [0.25, 0.3) is 0 Å². The third kappa shape index (κ3) is 2.98. The van der Waals surface area contributed by atoms with Crippen molar-refractivity contribution in [1.29, 1.82) is 0 Å². The number of rotatable bonds is 4. The molecule has 0 fully saturated rings. The van der Waals surface area contributed by atoms with E-state index in [4.69, 9.17) is 15.1 Å². The second-order valence-corrected chi connectivity index (χ2v) is 5.60. The number of benzene rings is 1. The first-order chi connectivity index (χ1) is 9.33. The Labute approximate surface area is 119 Å². The molecule has 20 heavy (non-hydrogen) atoms. The smallest absolute Gasteiger partial charge is 0.491 e. The van der Waals surface area contributed by atoms with Gasteiger partial charge in [0.2, 0.25) is 0 Å². The number of hydrogen-bond acceptors (Lipinski definition) is 5. The molecule has 1 aromatic carbocycles. The lowest BCUT2D eigenvalue weighted by molar-refractivity contribution is 0.0288. The monoisotopic (exact) mass is 277 g/mol. The summed E-state index contributed by atoms with van der Waals surface area (Å²) < 4.78 is 11.1. The molecule has 0 aliphatic carbocycles. The average molecular weight is 277 g/mol. The van der Waals surface area contributed by atoms with Crippen molar-refractivity contribution in [2.75, 3.05) is 6.61 Å². The topological polar surface area (TPSA) is 84.9 Å². The van der Waals surface area contributed by atoms with E-state index in [1.807, 2.05) is 13.0 Å². The van der Waals surface area contributed by atoms with Gasteiger partial charge < -0.3 is 25.3 Å². The number of aliphatic hydroxyl groups is 1. The molecule has 0 amide bonds. The highest BCUT2D eigenvalue weighted by molar-refractivity contribution is 6.63. The Morgan fingerprint density at radius 1 is 1.50 bits per heavy atom. The van der Waals surface area contributed by atoms with Crippen LogP contribution in [0.25, 0.3) is 0 Å². The first kappa shape index (κ1) is 14.9. The fourth-order valence-corrected chi connectivity index (χ4v) is 2.26. The predicted molar refractivity (Wildman–Crippen MR) is 77.7 cm³/mol. The molecule has 108 valence electrons. The first-order valence-corrected chi connectivity index (χ1v) is 6.54. The number of fused-ring (bicyclic) bond motifs is 1. The van der Waals surface area contributed by atoms with Gasteiger partial charge in [-0.3, -0.25) is 0 Å². The average Bonchev–Trinajstić information content (AvgIpc) is 2.66. The quantitative estimate of drug-likeness (QED) is 0.693. The lowest BCUT2D eigenvalue weighted by atomic mass is 9.77. The lowest BCUT2D eigenvalue weighted by Crippen LogP contribution is -2.34. The molecule has 0 unspecified atom stereocenters. The number of aryl methyl sites for hydroxylation is 1. The van der Waals surface area contributed by atoms with E-state index in [0.29, 0.717) is 11.2 Å². The summed E-state index contributed by atoms with van der Waals surface area (Å²) in [6.07, 6.45) is 2.70. The molecule has 2 rings (SSSR count). The maximum atomic E-state index is 10.1. The Kier molecular flexibility index (Phi) is 4.08. The summed E-state index contributed by atoms with van der Waals surface area (Å²) in [4.78, 5) is 0. The molecule has 1 heterocycles. The van der Waals surface area contributed by atoms with Crippen LogP contribution in [-0.4, -0.2) is 29.5 Å². The van der Waals surface area contributed by atoms with Crippen molar-refractivity contribution in [3.8, 4) is 5.75 Å². The lowest BCUT2D eigenvalue weighted by Gasteiger charge is -2.20. The van der Waals surface area contributed by atoms with Gasteiger partial charge in [-0.05, 0) is 50.2 Å². The fraction of sp³-hybridized carbons (Fsp3) is 0.429. The van der Waals surface area contributed by atoms with Crippen molar-refractivity contribution in [2.24, 2.45) is 5.73 Å². The summed E-state index contributed by atoms with van der Waals surface area (Å²) in [5.41, 5.74) is 6.93. The molecular formula is C14H20BNO4. The third-order valence-corrected chi connectivity index (χ3v) is 3.14. The normalized spacial score (nSPS) is 18.6. The zero-order chi connectivity index (χ0) is 14.9. The Bertz CT molecular complexity index is 525. The Morgan fingerprint density at radius 3 is 2.80 bits per heavy atom. The predicted octanol–water partition coefficient (Wildman–Crippen LogP) is 0.376. The van der Waals surface area contributed by atoms with Gasteiger partial charge in [-0.25, -0.2) is 0 Å². The van der Waals surface area contributed by atoms with Crippen LogP contribution in [0.1, 0.15) is 31.1 Å². The maximum absolute atomic E-state index is 10.1. The summed E-state index contributed by atoms with van der Waals surface area (Å²) >= 11 is 0. The molecule has 4 N–H and O–H groups in total. The van der Waals surface area contributed by atoms with Crippen LogP contribution in [-0.2, 0) is 4.65 Å². The molecule has 0 radical (unpaired) electrons. The number of nitrogens with two attached hydrogens (primary N) is 1. The van der Waals surface area contributed by atoms with Crippen molar-refractivity contribution in [2.45, 2.75) is 32.5 Å². The Hall–Kier alpha value is -1.50. The zero-order valence-corrected chi connectivity index (χ0v) is 12.0.